The zero-order valence-electron chi connectivity index (χ0n) is 17.9. The number of imidazole rings is 1. The number of nitrogens with zero attached hydrogens (tertiary/aromatic N) is 4. The van der Waals surface area contributed by atoms with Crippen LogP contribution in [0.3, 0.4) is 0 Å². The molecule has 162 valence electrons. The van der Waals surface area contributed by atoms with Crippen LogP contribution in [0.25, 0.3) is 11.0 Å². The number of hydrogen-bond donors (Lipinski definition) is 3. The molecule has 3 aromatic rings. The molecule has 7 nitrogen and oxygen atoms in total. The summed E-state index contributed by atoms with van der Waals surface area (Å²) in [4.78, 5) is 19.2. The Hall–Kier alpha value is -2.09. The van der Waals surface area contributed by atoms with Gasteiger partial charge in [0, 0.05) is 24.3 Å². The zero-order chi connectivity index (χ0) is 21.7. The number of aromatic nitrogens is 4. The van der Waals surface area contributed by atoms with Gasteiger partial charge in [0.05, 0.1) is 21.1 Å². The number of aromatic amines is 1. The van der Waals surface area contributed by atoms with Crippen LogP contribution < -0.4 is 10.6 Å². The average Bonchev–Trinajstić information content (AvgIpc) is 3.02. The van der Waals surface area contributed by atoms with E-state index in [2.05, 4.69) is 56.2 Å². The van der Waals surface area contributed by atoms with E-state index in [1.54, 1.807) is 12.1 Å². The lowest BCUT2D eigenvalue weighted by molar-refractivity contribution is 0.267. The quantitative estimate of drug-likeness (QED) is 0.371. The lowest BCUT2D eigenvalue weighted by atomic mass is 10.2. The fourth-order valence-corrected chi connectivity index (χ4v) is 3.80. The van der Waals surface area contributed by atoms with Crippen molar-refractivity contribution in [3.8, 4) is 0 Å². The van der Waals surface area contributed by atoms with Crippen molar-refractivity contribution in [2.45, 2.75) is 46.6 Å². The molecule has 2 aromatic heterocycles. The van der Waals surface area contributed by atoms with Gasteiger partial charge in [-0.15, -0.1) is 0 Å². The Labute approximate surface area is 187 Å². The van der Waals surface area contributed by atoms with Gasteiger partial charge in [-0.1, -0.05) is 37.0 Å². The molecule has 0 saturated heterocycles. The Morgan fingerprint density at radius 3 is 2.43 bits per heavy atom. The molecule has 30 heavy (non-hydrogen) atoms. The summed E-state index contributed by atoms with van der Waals surface area (Å²) >= 11 is 12.2. The maximum atomic E-state index is 6.09. The van der Waals surface area contributed by atoms with Crippen molar-refractivity contribution in [1.29, 1.82) is 0 Å². The van der Waals surface area contributed by atoms with Gasteiger partial charge in [0.15, 0.2) is 0 Å². The van der Waals surface area contributed by atoms with E-state index in [4.69, 9.17) is 23.2 Å². The lowest BCUT2D eigenvalue weighted by Crippen LogP contribution is -2.36. The third-order valence-corrected chi connectivity index (χ3v) is 5.34. The first-order valence-corrected chi connectivity index (χ1v) is 11.1. The van der Waals surface area contributed by atoms with Crippen LogP contribution in [0.2, 0.25) is 10.0 Å². The van der Waals surface area contributed by atoms with E-state index in [0.717, 1.165) is 55.0 Å². The van der Waals surface area contributed by atoms with Gasteiger partial charge in [-0.2, -0.15) is 4.98 Å². The van der Waals surface area contributed by atoms with Crippen molar-refractivity contribution < 1.29 is 0 Å². The highest BCUT2D eigenvalue weighted by molar-refractivity contribution is 6.42. The monoisotopic (exact) mass is 449 g/mol. The second kappa shape index (κ2) is 10.3. The first kappa shape index (κ1) is 22.6. The molecule has 0 aliphatic heterocycles. The lowest BCUT2D eigenvalue weighted by Gasteiger charge is -2.25. The van der Waals surface area contributed by atoms with E-state index in [0.29, 0.717) is 21.9 Å². The first-order valence-electron chi connectivity index (χ1n) is 10.3. The van der Waals surface area contributed by atoms with E-state index in [1.165, 1.54) is 0 Å². The minimum Gasteiger partial charge on any atom is -0.366 e. The summed E-state index contributed by atoms with van der Waals surface area (Å²) in [5.74, 6) is 1.79. The summed E-state index contributed by atoms with van der Waals surface area (Å²) in [6.07, 6.45) is 2.31. The van der Waals surface area contributed by atoms with Crippen LogP contribution in [0.5, 0.6) is 0 Å². The molecular weight excluding hydrogens is 421 g/mol. The molecule has 1 unspecified atom stereocenters. The normalized spacial score (nSPS) is 12.5. The Bertz CT molecular complexity index is 944. The molecule has 3 N–H and O–H groups in total. The largest absolute Gasteiger partial charge is 0.366 e. The van der Waals surface area contributed by atoms with E-state index >= 15 is 0 Å². The smallest absolute Gasteiger partial charge is 0.231 e. The van der Waals surface area contributed by atoms with E-state index < -0.39 is 0 Å². The van der Waals surface area contributed by atoms with Crippen molar-refractivity contribution in [2.75, 3.05) is 30.3 Å². The topological polar surface area (TPSA) is 81.8 Å². The van der Waals surface area contributed by atoms with Crippen molar-refractivity contribution in [1.82, 2.24) is 24.8 Å². The molecular formula is C21H29Cl2N7. The van der Waals surface area contributed by atoms with Crippen LogP contribution in [-0.4, -0.2) is 50.5 Å². The molecule has 1 aromatic carbocycles. The molecule has 0 bridgehead atoms. The number of anilines is 3. The van der Waals surface area contributed by atoms with Gasteiger partial charge in [0.1, 0.15) is 5.82 Å². The molecule has 9 heteroatoms. The van der Waals surface area contributed by atoms with Crippen LogP contribution in [-0.2, 0) is 0 Å². The van der Waals surface area contributed by atoms with Gasteiger partial charge >= 0.3 is 0 Å². The number of benzene rings is 1. The fourth-order valence-electron chi connectivity index (χ4n) is 3.48. The number of hydrogen-bond acceptors (Lipinski definition) is 6. The number of nitrogens with one attached hydrogen (secondary N) is 3. The minimum atomic E-state index is 0.265. The highest BCUT2D eigenvalue weighted by Crippen LogP contribution is 2.28. The third kappa shape index (κ3) is 5.97. The number of aryl methyl sites for hydroxylation is 1. The van der Waals surface area contributed by atoms with Crippen LogP contribution in [0, 0.1) is 6.92 Å². The Morgan fingerprint density at radius 1 is 1.03 bits per heavy atom. The van der Waals surface area contributed by atoms with Crippen molar-refractivity contribution in [3.05, 3.63) is 33.9 Å². The van der Waals surface area contributed by atoms with Crippen LogP contribution >= 0.6 is 23.2 Å². The molecule has 0 saturated carbocycles. The van der Waals surface area contributed by atoms with Gasteiger partial charge in [0.2, 0.25) is 11.9 Å². The maximum absolute atomic E-state index is 6.09. The summed E-state index contributed by atoms with van der Waals surface area (Å²) < 4.78 is 0. The number of fused-ring (bicyclic) bond motifs is 1. The third-order valence-electron chi connectivity index (χ3n) is 4.61. The zero-order valence-corrected chi connectivity index (χ0v) is 19.4. The van der Waals surface area contributed by atoms with Crippen molar-refractivity contribution >= 4 is 51.9 Å². The predicted molar refractivity (Wildman–Crippen MR) is 126 cm³/mol. The second-order valence-electron chi connectivity index (χ2n) is 7.56. The molecule has 0 spiro atoms. The molecule has 1 atom stereocenters. The van der Waals surface area contributed by atoms with E-state index in [9.17, 15) is 0 Å². The maximum Gasteiger partial charge on any atom is 0.231 e. The number of halogens is 2. The molecule has 3 rings (SSSR count). The molecule has 0 aliphatic rings. The highest BCUT2D eigenvalue weighted by Gasteiger charge is 2.12. The van der Waals surface area contributed by atoms with Crippen LogP contribution in [0.15, 0.2) is 18.2 Å². The van der Waals surface area contributed by atoms with Gasteiger partial charge in [0.25, 0.3) is 0 Å². The summed E-state index contributed by atoms with van der Waals surface area (Å²) in [6.45, 7) is 11.7. The molecule has 2 heterocycles. The van der Waals surface area contributed by atoms with Crippen LogP contribution in [0.4, 0.5) is 17.7 Å². The second-order valence-corrected chi connectivity index (χ2v) is 8.37. The summed E-state index contributed by atoms with van der Waals surface area (Å²) in [6, 6.07) is 5.69. The van der Waals surface area contributed by atoms with Gasteiger partial charge < -0.3 is 15.2 Å². The van der Waals surface area contributed by atoms with Crippen molar-refractivity contribution in [3.63, 3.8) is 0 Å². The first-order chi connectivity index (χ1) is 14.4. The van der Waals surface area contributed by atoms with Gasteiger partial charge in [-0.25, -0.2) is 9.97 Å². The minimum absolute atomic E-state index is 0.265. The predicted octanol–water partition coefficient (Wildman–Crippen LogP) is 5.63. The standard InChI is InChI=1S/C21H29Cl2N7/c1-5-7-30(8-6-2)12-14(4)24-19-9-13(3)25-20(28-19)29-21-26-17-10-15(22)16(23)11-18(17)27-21/h9-11,14H,5-8,12H2,1-4H3,(H3,24,25,26,27,28,29). The van der Waals surface area contributed by atoms with E-state index in [-0.39, 0.29) is 6.04 Å². The number of H-pyrrole nitrogens is 1. The average molecular weight is 450 g/mol. The summed E-state index contributed by atoms with van der Waals surface area (Å²) in [5.41, 5.74) is 2.38. The fraction of sp³-hybridized carbons (Fsp3) is 0.476. The van der Waals surface area contributed by atoms with E-state index in [1.807, 2.05) is 13.0 Å². The van der Waals surface area contributed by atoms with Crippen LogP contribution in [0.1, 0.15) is 39.3 Å². The molecule has 0 amide bonds. The SMILES string of the molecule is CCCN(CCC)CC(C)Nc1cc(C)nc(Nc2nc3cc(Cl)c(Cl)cc3[nH]2)n1. The highest BCUT2D eigenvalue weighted by atomic mass is 35.5. The summed E-state index contributed by atoms with van der Waals surface area (Å²) in [5, 5.41) is 7.59. The number of rotatable bonds is 10. The summed E-state index contributed by atoms with van der Waals surface area (Å²) in [7, 11) is 0. The molecule has 0 fully saturated rings. The molecule has 0 radical (unpaired) electrons. The molecule has 0 aliphatic carbocycles. The van der Waals surface area contributed by atoms with Crippen molar-refractivity contribution in [2.24, 2.45) is 0 Å². The Balaban J connectivity index is 1.72. The van der Waals surface area contributed by atoms with Gasteiger partial charge in [-0.05, 0) is 51.9 Å². The Morgan fingerprint density at radius 2 is 1.73 bits per heavy atom. The Kier molecular flexibility index (Phi) is 7.75. The van der Waals surface area contributed by atoms with Gasteiger partial charge in [-0.3, -0.25) is 5.32 Å².